The number of carboxylic acids is 1. The van der Waals surface area contributed by atoms with E-state index in [4.69, 9.17) is 0 Å². The number of fused-ring (bicyclic) bond motifs is 1. The number of hydrogen-bond donors (Lipinski definition) is 1. The Morgan fingerprint density at radius 2 is 1.95 bits per heavy atom. The highest BCUT2D eigenvalue weighted by Crippen LogP contribution is 2.38. The fourth-order valence-corrected chi connectivity index (χ4v) is 3.21. The van der Waals surface area contributed by atoms with Crippen LogP contribution in [0.2, 0.25) is 0 Å². The van der Waals surface area contributed by atoms with Crippen LogP contribution in [0.4, 0.5) is 0 Å². The Balaban J connectivity index is 1.97. The fraction of sp³-hybridized carbons (Fsp3) is 0.600. The van der Waals surface area contributed by atoms with Gasteiger partial charge in [-0.3, -0.25) is 4.79 Å². The van der Waals surface area contributed by atoms with Gasteiger partial charge >= 0.3 is 5.97 Å². The SMILES string of the molecule is Cc1ccc2nnc(CC3(C(=O)O)CCCCCC3)n2n1. The second-order valence-corrected chi connectivity index (χ2v) is 6.04. The topological polar surface area (TPSA) is 80.4 Å². The molecule has 0 atom stereocenters. The van der Waals surface area contributed by atoms with Crippen molar-refractivity contribution in [3.8, 4) is 0 Å². The van der Waals surface area contributed by atoms with Crippen LogP contribution in [0, 0.1) is 12.3 Å². The Hall–Kier alpha value is -1.98. The molecule has 0 aromatic carbocycles. The number of hydrogen-bond acceptors (Lipinski definition) is 4. The Bertz CT molecular complexity index is 657. The molecule has 0 saturated heterocycles. The standard InChI is InChI=1S/C15H20N4O2/c1-11-6-7-12-16-17-13(19(12)18-11)10-15(14(20)21)8-4-2-3-5-9-15/h6-7H,2-5,8-10H2,1H3,(H,20,21). The van der Waals surface area contributed by atoms with E-state index >= 15 is 0 Å². The molecule has 1 fully saturated rings. The van der Waals surface area contributed by atoms with E-state index in [9.17, 15) is 9.90 Å². The average molecular weight is 288 g/mol. The number of aliphatic carboxylic acids is 1. The number of carbonyl (C=O) groups is 1. The van der Waals surface area contributed by atoms with Crippen LogP contribution >= 0.6 is 0 Å². The van der Waals surface area contributed by atoms with Gasteiger partial charge in [0.1, 0.15) is 0 Å². The minimum Gasteiger partial charge on any atom is -0.481 e. The lowest BCUT2D eigenvalue weighted by atomic mass is 9.77. The molecule has 2 heterocycles. The van der Waals surface area contributed by atoms with Gasteiger partial charge in [-0.1, -0.05) is 25.7 Å². The summed E-state index contributed by atoms with van der Waals surface area (Å²) in [5.41, 5.74) is 0.823. The minimum absolute atomic E-state index is 0.403. The Kier molecular flexibility index (Phi) is 3.61. The summed E-state index contributed by atoms with van der Waals surface area (Å²) in [4.78, 5) is 11.9. The molecule has 21 heavy (non-hydrogen) atoms. The number of aromatic nitrogens is 4. The van der Waals surface area contributed by atoms with E-state index in [-0.39, 0.29) is 0 Å². The highest BCUT2D eigenvalue weighted by atomic mass is 16.4. The first kappa shape index (κ1) is 14.0. The van der Waals surface area contributed by atoms with Crippen molar-refractivity contribution in [2.75, 3.05) is 0 Å². The van der Waals surface area contributed by atoms with Crippen molar-refractivity contribution in [3.05, 3.63) is 23.7 Å². The molecule has 1 saturated carbocycles. The molecule has 0 unspecified atom stereocenters. The van der Waals surface area contributed by atoms with E-state index in [2.05, 4.69) is 15.3 Å². The summed E-state index contributed by atoms with van der Waals surface area (Å²) >= 11 is 0. The second-order valence-electron chi connectivity index (χ2n) is 6.04. The minimum atomic E-state index is -0.717. The monoisotopic (exact) mass is 288 g/mol. The lowest BCUT2D eigenvalue weighted by molar-refractivity contribution is -0.150. The van der Waals surface area contributed by atoms with Crippen LogP contribution in [-0.2, 0) is 11.2 Å². The molecule has 0 bridgehead atoms. The van der Waals surface area contributed by atoms with E-state index in [1.165, 1.54) is 0 Å². The summed E-state index contributed by atoms with van der Waals surface area (Å²) in [5.74, 6) is -0.0631. The van der Waals surface area contributed by atoms with Gasteiger partial charge in [0.15, 0.2) is 11.5 Å². The van der Waals surface area contributed by atoms with E-state index in [1.807, 2.05) is 19.1 Å². The summed E-state index contributed by atoms with van der Waals surface area (Å²) in [6.07, 6.45) is 6.00. The maximum Gasteiger partial charge on any atom is 0.310 e. The summed E-state index contributed by atoms with van der Waals surface area (Å²) in [7, 11) is 0. The third-order valence-electron chi connectivity index (χ3n) is 4.47. The van der Waals surface area contributed by atoms with Gasteiger partial charge in [-0.2, -0.15) is 9.61 Å². The quantitative estimate of drug-likeness (QED) is 0.877. The van der Waals surface area contributed by atoms with Gasteiger partial charge in [0.05, 0.1) is 11.1 Å². The maximum atomic E-state index is 11.9. The number of aryl methyl sites for hydroxylation is 1. The first-order chi connectivity index (χ1) is 10.1. The first-order valence-corrected chi connectivity index (χ1v) is 7.52. The molecular weight excluding hydrogens is 268 g/mol. The Labute approximate surface area is 123 Å². The van der Waals surface area contributed by atoms with E-state index in [0.29, 0.717) is 30.7 Å². The van der Waals surface area contributed by atoms with E-state index in [1.54, 1.807) is 4.52 Å². The van der Waals surface area contributed by atoms with Gasteiger partial charge in [0.2, 0.25) is 0 Å². The molecule has 0 spiro atoms. The zero-order valence-electron chi connectivity index (χ0n) is 12.2. The van der Waals surface area contributed by atoms with Crippen molar-refractivity contribution >= 4 is 11.6 Å². The van der Waals surface area contributed by atoms with Crippen LogP contribution in [0.1, 0.15) is 50.0 Å². The molecule has 2 aromatic heterocycles. The van der Waals surface area contributed by atoms with Crippen molar-refractivity contribution in [1.29, 1.82) is 0 Å². The Morgan fingerprint density at radius 3 is 2.62 bits per heavy atom. The summed E-state index contributed by atoms with van der Waals surface area (Å²) in [5, 5.41) is 22.4. The normalized spacial score (nSPS) is 18.5. The predicted molar refractivity (Wildman–Crippen MR) is 77.0 cm³/mol. The Morgan fingerprint density at radius 1 is 1.24 bits per heavy atom. The van der Waals surface area contributed by atoms with Crippen molar-refractivity contribution in [2.24, 2.45) is 5.41 Å². The zero-order valence-corrected chi connectivity index (χ0v) is 12.2. The molecule has 0 radical (unpaired) electrons. The second kappa shape index (κ2) is 5.42. The number of nitrogens with zero attached hydrogens (tertiary/aromatic N) is 4. The molecular formula is C15H20N4O2. The molecule has 0 amide bonds. The van der Waals surface area contributed by atoms with Crippen LogP contribution in [0.25, 0.3) is 5.65 Å². The zero-order chi connectivity index (χ0) is 14.9. The molecule has 2 aromatic rings. The molecule has 112 valence electrons. The van der Waals surface area contributed by atoms with E-state index < -0.39 is 11.4 Å². The summed E-state index contributed by atoms with van der Waals surface area (Å²) in [6.45, 7) is 1.90. The molecule has 6 heteroatoms. The van der Waals surface area contributed by atoms with Gasteiger partial charge in [-0.15, -0.1) is 10.2 Å². The number of carboxylic acid groups (broad SMARTS) is 1. The van der Waals surface area contributed by atoms with Crippen LogP contribution < -0.4 is 0 Å². The highest BCUT2D eigenvalue weighted by molar-refractivity contribution is 5.75. The van der Waals surface area contributed by atoms with Crippen molar-refractivity contribution in [1.82, 2.24) is 19.8 Å². The van der Waals surface area contributed by atoms with Crippen LogP contribution in [0.15, 0.2) is 12.1 Å². The molecule has 3 rings (SSSR count). The van der Waals surface area contributed by atoms with Gasteiger partial charge in [-0.25, -0.2) is 0 Å². The van der Waals surface area contributed by atoms with Crippen LogP contribution in [-0.4, -0.2) is 30.9 Å². The van der Waals surface area contributed by atoms with Crippen LogP contribution in [0.3, 0.4) is 0 Å². The highest BCUT2D eigenvalue weighted by Gasteiger charge is 2.40. The van der Waals surface area contributed by atoms with E-state index in [0.717, 1.165) is 31.4 Å². The third-order valence-corrected chi connectivity index (χ3v) is 4.47. The molecule has 1 aliphatic rings. The fourth-order valence-electron chi connectivity index (χ4n) is 3.21. The summed E-state index contributed by atoms with van der Waals surface area (Å²) < 4.78 is 1.69. The lowest BCUT2D eigenvalue weighted by Gasteiger charge is -2.26. The largest absolute Gasteiger partial charge is 0.481 e. The average Bonchev–Trinajstić information content (AvgIpc) is 2.69. The maximum absolute atomic E-state index is 11.9. The molecule has 1 N–H and O–H groups in total. The lowest BCUT2D eigenvalue weighted by Crippen LogP contribution is -2.33. The summed E-state index contributed by atoms with van der Waals surface area (Å²) in [6, 6.07) is 3.74. The van der Waals surface area contributed by atoms with Gasteiger partial charge < -0.3 is 5.11 Å². The third kappa shape index (κ3) is 2.62. The molecule has 0 aliphatic heterocycles. The van der Waals surface area contributed by atoms with Gasteiger partial charge in [-0.05, 0) is 31.9 Å². The van der Waals surface area contributed by atoms with Crippen LogP contribution in [0.5, 0.6) is 0 Å². The van der Waals surface area contributed by atoms with Gasteiger partial charge in [0, 0.05) is 6.42 Å². The van der Waals surface area contributed by atoms with Gasteiger partial charge in [0.25, 0.3) is 0 Å². The van der Waals surface area contributed by atoms with Crippen molar-refractivity contribution in [3.63, 3.8) is 0 Å². The van der Waals surface area contributed by atoms with Crippen molar-refractivity contribution in [2.45, 2.75) is 51.9 Å². The molecule has 1 aliphatic carbocycles. The molecule has 6 nitrogen and oxygen atoms in total. The smallest absolute Gasteiger partial charge is 0.310 e. The van der Waals surface area contributed by atoms with Crippen molar-refractivity contribution < 1.29 is 9.90 Å². The first-order valence-electron chi connectivity index (χ1n) is 7.52. The number of rotatable bonds is 3. The predicted octanol–water partition coefficient (Wildman–Crippen LogP) is 2.40.